The van der Waals surface area contributed by atoms with Gasteiger partial charge in [-0.1, -0.05) is 38.1 Å². The van der Waals surface area contributed by atoms with E-state index >= 15 is 0 Å². The van der Waals surface area contributed by atoms with Crippen LogP contribution in [-0.4, -0.2) is 18.1 Å². The maximum atomic E-state index is 6.02. The van der Waals surface area contributed by atoms with Gasteiger partial charge in [0.1, 0.15) is 5.82 Å². The molecule has 0 spiro atoms. The molecule has 0 amide bonds. The first-order valence-electron chi connectivity index (χ1n) is 7.88. The predicted octanol–water partition coefficient (Wildman–Crippen LogP) is 4.85. The van der Waals surface area contributed by atoms with Crippen molar-refractivity contribution in [3.63, 3.8) is 0 Å². The van der Waals surface area contributed by atoms with Crippen LogP contribution < -0.4 is 4.90 Å². The highest BCUT2D eigenvalue weighted by molar-refractivity contribution is 6.17. The first kappa shape index (κ1) is 14.6. The fourth-order valence-corrected chi connectivity index (χ4v) is 3.46. The van der Waals surface area contributed by atoms with Gasteiger partial charge < -0.3 is 4.90 Å². The van der Waals surface area contributed by atoms with Crippen molar-refractivity contribution < 1.29 is 0 Å². The first-order valence-corrected chi connectivity index (χ1v) is 8.42. The third-order valence-corrected chi connectivity index (χ3v) is 4.97. The number of nitrogens with zero attached hydrogens (tertiary/aromatic N) is 2. The number of benzene rings is 1. The van der Waals surface area contributed by atoms with Gasteiger partial charge in [0.15, 0.2) is 0 Å². The number of fused-ring (bicyclic) bond motifs is 1. The SMILES string of the molecule is CC(C)C1CCN(c2nc(CCl)cc3ccccc23)CC1. The smallest absolute Gasteiger partial charge is 0.136 e. The van der Waals surface area contributed by atoms with Crippen molar-refractivity contribution in [1.82, 2.24) is 4.98 Å². The van der Waals surface area contributed by atoms with Gasteiger partial charge in [-0.3, -0.25) is 0 Å². The number of rotatable bonds is 3. The summed E-state index contributed by atoms with van der Waals surface area (Å²) in [6.45, 7) is 6.88. The lowest BCUT2D eigenvalue weighted by atomic mass is 9.86. The number of hydrogen-bond acceptors (Lipinski definition) is 2. The average molecular weight is 303 g/mol. The summed E-state index contributed by atoms with van der Waals surface area (Å²) in [5, 5.41) is 2.48. The molecular weight excluding hydrogens is 280 g/mol. The third kappa shape index (κ3) is 3.01. The van der Waals surface area contributed by atoms with Gasteiger partial charge in [0, 0.05) is 18.5 Å². The number of alkyl halides is 1. The number of halogens is 1. The molecule has 112 valence electrons. The molecule has 1 saturated heterocycles. The lowest BCUT2D eigenvalue weighted by Crippen LogP contribution is -2.36. The largest absolute Gasteiger partial charge is 0.356 e. The Kier molecular flexibility index (Phi) is 4.34. The molecule has 0 aliphatic carbocycles. The second kappa shape index (κ2) is 6.23. The normalized spacial score (nSPS) is 16.9. The molecule has 0 atom stereocenters. The van der Waals surface area contributed by atoms with Crippen LogP contribution in [0.15, 0.2) is 30.3 Å². The number of anilines is 1. The molecule has 2 nitrogen and oxygen atoms in total. The van der Waals surface area contributed by atoms with Gasteiger partial charge in [-0.15, -0.1) is 11.6 Å². The molecule has 1 fully saturated rings. The van der Waals surface area contributed by atoms with Gasteiger partial charge in [0.25, 0.3) is 0 Å². The molecule has 2 heterocycles. The molecule has 3 heteroatoms. The van der Waals surface area contributed by atoms with Crippen LogP contribution in [0.2, 0.25) is 0 Å². The molecule has 1 aromatic carbocycles. The van der Waals surface area contributed by atoms with Crippen LogP contribution in [-0.2, 0) is 5.88 Å². The summed E-state index contributed by atoms with van der Waals surface area (Å²) in [4.78, 5) is 7.25. The maximum absolute atomic E-state index is 6.02. The van der Waals surface area contributed by atoms with Crippen molar-refractivity contribution in [1.29, 1.82) is 0 Å². The number of aromatic nitrogens is 1. The van der Waals surface area contributed by atoms with E-state index in [0.717, 1.165) is 36.4 Å². The Bertz CT molecular complexity index is 616. The molecule has 0 bridgehead atoms. The minimum Gasteiger partial charge on any atom is -0.356 e. The van der Waals surface area contributed by atoms with Gasteiger partial charge in [0.2, 0.25) is 0 Å². The summed E-state index contributed by atoms with van der Waals surface area (Å²) in [6, 6.07) is 10.6. The zero-order chi connectivity index (χ0) is 14.8. The van der Waals surface area contributed by atoms with Crippen LogP contribution in [0.25, 0.3) is 10.8 Å². The van der Waals surface area contributed by atoms with E-state index in [1.807, 2.05) is 0 Å². The zero-order valence-electron chi connectivity index (χ0n) is 12.8. The van der Waals surface area contributed by atoms with Gasteiger partial charge in [-0.05, 0) is 36.1 Å². The summed E-state index contributed by atoms with van der Waals surface area (Å²) < 4.78 is 0. The fourth-order valence-electron chi connectivity index (χ4n) is 3.32. The topological polar surface area (TPSA) is 16.1 Å². The summed E-state index contributed by atoms with van der Waals surface area (Å²) in [6.07, 6.45) is 2.53. The molecule has 0 N–H and O–H groups in total. The van der Waals surface area contributed by atoms with Gasteiger partial charge in [-0.25, -0.2) is 4.98 Å². The highest BCUT2D eigenvalue weighted by atomic mass is 35.5. The summed E-state index contributed by atoms with van der Waals surface area (Å²) in [5.74, 6) is 3.22. The molecule has 0 radical (unpaired) electrons. The Hall–Kier alpha value is -1.28. The van der Waals surface area contributed by atoms with E-state index in [1.165, 1.54) is 23.6 Å². The summed E-state index contributed by atoms with van der Waals surface area (Å²) in [7, 11) is 0. The van der Waals surface area contributed by atoms with Crippen molar-refractivity contribution >= 4 is 28.2 Å². The maximum Gasteiger partial charge on any atom is 0.136 e. The van der Waals surface area contributed by atoms with Crippen molar-refractivity contribution in [3.05, 3.63) is 36.0 Å². The molecule has 2 aromatic rings. The summed E-state index contributed by atoms with van der Waals surface area (Å²) >= 11 is 6.02. The second-order valence-corrected chi connectivity index (χ2v) is 6.63. The molecule has 21 heavy (non-hydrogen) atoms. The van der Waals surface area contributed by atoms with E-state index in [2.05, 4.69) is 49.1 Å². The van der Waals surface area contributed by atoms with E-state index in [0.29, 0.717) is 5.88 Å². The second-order valence-electron chi connectivity index (χ2n) is 6.36. The number of hydrogen-bond donors (Lipinski definition) is 0. The lowest BCUT2D eigenvalue weighted by Gasteiger charge is -2.35. The van der Waals surface area contributed by atoms with E-state index in [-0.39, 0.29) is 0 Å². The van der Waals surface area contributed by atoms with Crippen LogP contribution >= 0.6 is 11.6 Å². The standard InChI is InChI=1S/C18H23ClN2/c1-13(2)14-7-9-21(10-8-14)18-17-6-4-3-5-15(17)11-16(12-19)20-18/h3-6,11,13-14H,7-10,12H2,1-2H3. The molecule has 1 aliphatic rings. The third-order valence-electron chi connectivity index (χ3n) is 4.69. The highest BCUT2D eigenvalue weighted by Gasteiger charge is 2.23. The number of piperidine rings is 1. The van der Waals surface area contributed by atoms with E-state index in [4.69, 9.17) is 16.6 Å². The van der Waals surface area contributed by atoms with Crippen LogP contribution in [0.3, 0.4) is 0 Å². The molecule has 3 rings (SSSR count). The van der Waals surface area contributed by atoms with Gasteiger partial charge in [0.05, 0.1) is 11.6 Å². The van der Waals surface area contributed by atoms with Gasteiger partial charge in [-0.2, -0.15) is 0 Å². The van der Waals surface area contributed by atoms with Crippen LogP contribution in [0.5, 0.6) is 0 Å². The zero-order valence-corrected chi connectivity index (χ0v) is 13.6. The predicted molar refractivity (Wildman–Crippen MR) is 91.1 cm³/mol. The Balaban J connectivity index is 1.93. The molecule has 1 aromatic heterocycles. The fraction of sp³-hybridized carbons (Fsp3) is 0.500. The van der Waals surface area contributed by atoms with Crippen molar-refractivity contribution in [2.45, 2.75) is 32.6 Å². The minimum atomic E-state index is 0.473. The van der Waals surface area contributed by atoms with Crippen molar-refractivity contribution in [2.24, 2.45) is 11.8 Å². The average Bonchev–Trinajstić information content (AvgIpc) is 2.53. The molecule has 0 saturated carbocycles. The molecule has 1 aliphatic heterocycles. The van der Waals surface area contributed by atoms with Crippen molar-refractivity contribution in [3.8, 4) is 0 Å². The van der Waals surface area contributed by atoms with Crippen LogP contribution in [0.4, 0.5) is 5.82 Å². The number of pyridine rings is 1. The lowest BCUT2D eigenvalue weighted by molar-refractivity contribution is 0.311. The Morgan fingerprint density at radius 3 is 2.62 bits per heavy atom. The first-order chi connectivity index (χ1) is 10.2. The minimum absolute atomic E-state index is 0.473. The summed E-state index contributed by atoms with van der Waals surface area (Å²) in [5.41, 5.74) is 0.969. The van der Waals surface area contributed by atoms with E-state index < -0.39 is 0 Å². The Labute approximate surface area is 132 Å². The molecular formula is C18H23ClN2. The van der Waals surface area contributed by atoms with Crippen LogP contribution in [0.1, 0.15) is 32.4 Å². The Morgan fingerprint density at radius 2 is 1.95 bits per heavy atom. The van der Waals surface area contributed by atoms with Crippen LogP contribution in [0, 0.1) is 11.8 Å². The monoisotopic (exact) mass is 302 g/mol. The quantitative estimate of drug-likeness (QED) is 0.754. The van der Waals surface area contributed by atoms with Crippen molar-refractivity contribution in [2.75, 3.05) is 18.0 Å². The van der Waals surface area contributed by atoms with E-state index in [1.54, 1.807) is 0 Å². The Morgan fingerprint density at radius 1 is 1.24 bits per heavy atom. The molecule has 0 unspecified atom stereocenters. The van der Waals surface area contributed by atoms with E-state index in [9.17, 15) is 0 Å². The highest BCUT2D eigenvalue weighted by Crippen LogP contribution is 2.31. The van der Waals surface area contributed by atoms with Gasteiger partial charge >= 0.3 is 0 Å².